The van der Waals surface area contributed by atoms with Crippen molar-refractivity contribution in [2.75, 3.05) is 13.7 Å². The molecule has 0 aliphatic rings. The van der Waals surface area contributed by atoms with E-state index in [9.17, 15) is 9.59 Å². The van der Waals surface area contributed by atoms with Crippen LogP contribution in [-0.2, 0) is 18.4 Å². The number of aromatic nitrogens is 1. The Morgan fingerprint density at radius 3 is 2.03 bits per heavy atom. The number of rotatable bonds is 18. The summed E-state index contributed by atoms with van der Waals surface area (Å²) in [5, 5.41) is 0. The van der Waals surface area contributed by atoms with E-state index in [0.29, 0.717) is 23.7 Å². The zero-order chi connectivity index (χ0) is 26.9. The second-order valence-electron chi connectivity index (χ2n) is 9.82. The molecule has 0 saturated heterocycles. The van der Waals surface area contributed by atoms with Gasteiger partial charge in [0.25, 0.3) is 5.91 Å². The number of nitrogens with zero attached hydrogens (tertiary/aromatic N) is 2. The van der Waals surface area contributed by atoms with Gasteiger partial charge in [-0.1, -0.05) is 83.6 Å². The van der Waals surface area contributed by atoms with Gasteiger partial charge in [-0.3, -0.25) is 14.5 Å². The summed E-state index contributed by atoms with van der Waals surface area (Å²) in [6, 6.07) is 10.8. The molecule has 1 aromatic heterocycles. The standard InChI is InChI=1S/C31H47N2O4/c1-5-6-7-8-9-10-11-12-13-14-15-18-23-37-29-21-20-27(24-30(29)36-4)31(35)33(26(2)34)25-28-19-16-17-22-32(28)3/h16-17,19-22,24H,5-15,18,23,25H2,1-4H3/q+1. The van der Waals surface area contributed by atoms with Crippen molar-refractivity contribution in [2.24, 2.45) is 7.05 Å². The third kappa shape index (κ3) is 10.9. The van der Waals surface area contributed by atoms with Gasteiger partial charge >= 0.3 is 0 Å². The van der Waals surface area contributed by atoms with Crippen LogP contribution >= 0.6 is 0 Å². The average Bonchev–Trinajstić information content (AvgIpc) is 2.90. The topological polar surface area (TPSA) is 59.7 Å². The highest BCUT2D eigenvalue weighted by atomic mass is 16.5. The van der Waals surface area contributed by atoms with Crippen LogP contribution in [0.2, 0.25) is 0 Å². The van der Waals surface area contributed by atoms with E-state index in [0.717, 1.165) is 18.5 Å². The number of amides is 2. The highest BCUT2D eigenvalue weighted by Crippen LogP contribution is 2.29. The molecule has 0 atom stereocenters. The maximum atomic E-state index is 13.2. The number of imide groups is 1. The predicted molar refractivity (Wildman–Crippen MR) is 148 cm³/mol. The summed E-state index contributed by atoms with van der Waals surface area (Å²) in [5.74, 6) is 0.451. The van der Waals surface area contributed by atoms with Crippen LogP contribution in [-0.4, -0.2) is 30.4 Å². The minimum atomic E-state index is -0.359. The van der Waals surface area contributed by atoms with Gasteiger partial charge in [-0.25, -0.2) is 4.57 Å². The quantitative estimate of drug-likeness (QED) is 0.163. The highest BCUT2D eigenvalue weighted by Gasteiger charge is 2.24. The van der Waals surface area contributed by atoms with Gasteiger partial charge in [0, 0.05) is 24.6 Å². The number of aryl methyl sites for hydroxylation is 1. The van der Waals surface area contributed by atoms with Crippen molar-refractivity contribution in [1.82, 2.24) is 4.90 Å². The molecule has 0 aliphatic heterocycles. The lowest BCUT2D eigenvalue weighted by molar-refractivity contribution is -0.679. The Morgan fingerprint density at radius 2 is 1.46 bits per heavy atom. The molecule has 2 aromatic rings. The molecule has 1 heterocycles. The zero-order valence-corrected chi connectivity index (χ0v) is 23.5. The van der Waals surface area contributed by atoms with Crippen molar-refractivity contribution in [3.8, 4) is 11.5 Å². The van der Waals surface area contributed by atoms with Gasteiger partial charge < -0.3 is 9.47 Å². The van der Waals surface area contributed by atoms with E-state index in [1.807, 2.05) is 36.0 Å². The second kappa shape index (κ2) is 17.5. The van der Waals surface area contributed by atoms with E-state index >= 15 is 0 Å². The maximum Gasteiger partial charge on any atom is 0.261 e. The number of methoxy groups -OCH3 is 1. The van der Waals surface area contributed by atoms with Crippen LogP contribution in [0.5, 0.6) is 11.5 Å². The summed E-state index contributed by atoms with van der Waals surface area (Å²) in [6.07, 6.45) is 17.5. The summed E-state index contributed by atoms with van der Waals surface area (Å²) in [7, 11) is 3.46. The van der Waals surface area contributed by atoms with Crippen LogP contribution in [0.3, 0.4) is 0 Å². The number of pyridine rings is 1. The van der Waals surface area contributed by atoms with Crippen molar-refractivity contribution in [2.45, 2.75) is 97.4 Å². The smallest absolute Gasteiger partial charge is 0.261 e. The van der Waals surface area contributed by atoms with E-state index in [2.05, 4.69) is 6.92 Å². The zero-order valence-electron chi connectivity index (χ0n) is 23.5. The van der Waals surface area contributed by atoms with Gasteiger partial charge in [0.05, 0.1) is 13.7 Å². The second-order valence-corrected chi connectivity index (χ2v) is 9.82. The molecule has 0 radical (unpaired) electrons. The Hall–Kier alpha value is -2.89. The number of hydrogen-bond donors (Lipinski definition) is 0. The van der Waals surface area contributed by atoms with Crippen molar-refractivity contribution in [3.05, 3.63) is 53.9 Å². The van der Waals surface area contributed by atoms with Crippen molar-refractivity contribution in [3.63, 3.8) is 0 Å². The molecule has 1 aromatic carbocycles. The highest BCUT2D eigenvalue weighted by molar-refractivity contribution is 6.04. The number of unbranched alkanes of at least 4 members (excludes halogenated alkanes) is 11. The molecule has 2 amide bonds. The van der Waals surface area contributed by atoms with Gasteiger partial charge in [0.2, 0.25) is 11.6 Å². The van der Waals surface area contributed by atoms with Gasteiger partial charge in [-0.15, -0.1) is 0 Å². The molecule has 0 fully saturated rings. The fourth-order valence-electron chi connectivity index (χ4n) is 4.41. The fraction of sp³-hybridized carbons (Fsp3) is 0.581. The number of hydrogen-bond acceptors (Lipinski definition) is 4. The van der Waals surface area contributed by atoms with E-state index in [4.69, 9.17) is 9.47 Å². The molecule has 0 unspecified atom stereocenters. The third-order valence-electron chi connectivity index (χ3n) is 6.77. The van der Waals surface area contributed by atoms with Crippen LogP contribution in [0.15, 0.2) is 42.6 Å². The van der Waals surface area contributed by atoms with E-state index in [1.165, 1.54) is 76.0 Å². The molecule has 0 saturated carbocycles. The monoisotopic (exact) mass is 511 g/mol. The first-order valence-corrected chi connectivity index (χ1v) is 14.0. The lowest BCUT2D eigenvalue weighted by Gasteiger charge is -2.19. The Labute approximate surface area is 224 Å². The molecule has 37 heavy (non-hydrogen) atoms. The summed E-state index contributed by atoms with van der Waals surface area (Å²) in [4.78, 5) is 26.7. The third-order valence-corrected chi connectivity index (χ3v) is 6.77. The number of carbonyl (C=O) groups excluding carboxylic acids is 2. The molecule has 6 heteroatoms. The molecule has 204 valence electrons. The van der Waals surface area contributed by atoms with E-state index < -0.39 is 0 Å². The fourth-order valence-corrected chi connectivity index (χ4v) is 4.41. The van der Waals surface area contributed by atoms with Crippen molar-refractivity contribution >= 4 is 11.8 Å². The summed E-state index contributed by atoms with van der Waals surface area (Å²) < 4.78 is 13.3. The Balaban J connectivity index is 1.77. The van der Waals surface area contributed by atoms with Crippen LogP contribution in [0.1, 0.15) is 107 Å². The SMILES string of the molecule is CCCCCCCCCCCCCCOc1ccc(C(=O)N(Cc2cccc[n+]2C)C(C)=O)cc1OC. The average molecular weight is 512 g/mol. The van der Waals surface area contributed by atoms with Crippen LogP contribution in [0.25, 0.3) is 0 Å². The van der Waals surface area contributed by atoms with E-state index in [1.54, 1.807) is 25.3 Å². The first-order chi connectivity index (χ1) is 18.0. The Morgan fingerprint density at radius 1 is 0.838 bits per heavy atom. The molecule has 0 aliphatic carbocycles. The molecule has 0 spiro atoms. The summed E-state index contributed by atoms with van der Waals surface area (Å²) in [5.41, 5.74) is 1.25. The number of ether oxygens (including phenoxy) is 2. The molecule has 6 nitrogen and oxygen atoms in total. The van der Waals surface area contributed by atoms with Crippen LogP contribution < -0.4 is 14.0 Å². The van der Waals surface area contributed by atoms with Gasteiger partial charge in [-0.2, -0.15) is 0 Å². The van der Waals surface area contributed by atoms with Gasteiger partial charge in [-0.05, 0) is 24.6 Å². The van der Waals surface area contributed by atoms with Crippen LogP contribution in [0.4, 0.5) is 0 Å². The minimum absolute atomic E-state index is 0.199. The number of benzene rings is 1. The van der Waals surface area contributed by atoms with Crippen LogP contribution in [0, 0.1) is 0 Å². The first kappa shape index (κ1) is 30.3. The molecule has 2 rings (SSSR count). The molecular formula is C31H47N2O4+. The van der Waals surface area contributed by atoms with Gasteiger partial charge in [0.15, 0.2) is 17.7 Å². The first-order valence-electron chi connectivity index (χ1n) is 14.0. The lowest BCUT2D eigenvalue weighted by atomic mass is 10.1. The van der Waals surface area contributed by atoms with Gasteiger partial charge in [0.1, 0.15) is 13.6 Å². The Bertz CT molecular complexity index is 960. The lowest BCUT2D eigenvalue weighted by Crippen LogP contribution is -2.41. The summed E-state index contributed by atoms with van der Waals surface area (Å²) >= 11 is 0. The normalized spacial score (nSPS) is 10.8. The predicted octanol–water partition coefficient (Wildman–Crippen LogP) is 6.79. The molecule has 0 bridgehead atoms. The van der Waals surface area contributed by atoms with E-state index in [-0.39, 0.29) is 18.4 Å². The maximum absolute atomic E-state index is 13.2. The largest absolute Gasteiger partial charge is 0.493 e. The molecule has 0 N–H and O–H groups in total. The summed E-state index contributed by atoms with van der Waals surface area (Å²) in [6.45, 7) is 4.49. The van der Waals surface area contributed by atoms with Crippen molar-refractivity contribution < 1.29 is 23.6 Å². The van der Waals surface area contributed by atoms with Crippen molar-refractivity contribution in [1.29, 1.82) is 0 Å². The Kier molecular flexibility index (Phi) is 14.4. The number of carbonyl (C=O) groups is 2. The minimum Gasteiger partial charge on any atom is -0.493 e. The molecular weight excluding hydrogens is 464 g/mol.